The number of hydrogen-bond acceptors (Lipinski definition) is 4. The number of ether oxygens (including phenoxy) is 1. The zero-order valence-electron chi connectivity index (χ0n) is 14.9. The number of aliphatic carboxylic acids is 2. The van der Waals surface area contributed by atoms with Gasteiger partial charge in [-0.15, -0.1) is 0 Å². The third-order valence-corrected chi connectivity index (χ3v) is 5.72. The van der Waals surface area contributed by atoms with Crippen LogP contribution in [0.25, 0.3) is 5.57 Å². The average molecular weight is 436 g/mol. The number of halogens is 1. The molecule has 7 nitrogen and oxygen atoms in total. The molecule has 0 saturated heterocycles. The summed E-state index contributed by atoms with van der Waals surface area (Å²) < 4.78 is 5.67. The summed E-state index contributed by atoms with van der Waals surface area (Å²) in [6.45, 7) is 4.99. The minimum Gasteiger partial charge on any atom is -0.481 e. The second-order valence-corrected chi connectivity index (χ2v) is 8.13. The third-order valence-electron chi connectivity index (χ3n) is 4.82. The first-order valence-electron chi connectivity index (χ1n) is 8.18. The molecule has 0 spiro atoms. The first-order chi connectivity index (χ1) is 12.4. The Labute approximate surface area is 163 Å². The van der Waals surface area contributed by atoms with Crippen LogP contribution in [0.4, 0.5) is 10.5 Å². The second-order valence-electron chi connectivity index (χ2n) is 7.34. The predicted molar refractivity (Wildman–Crippen MR) is 101 cm³/mol. The van der Waals surface area contributed by atoms with Crippen LogP contribution in [0.2, 0.25) is 0 Å². The maximum Gasteiger partial charge on any atom is 0.412 e. The van der Waals surface area contributed by atoms with Crippen molar-refractivity contribution in [3.8, 4) is 0 Å². The van der Waals surface area contributed by atoms with Crippen LogP contribution in [-0.2, 0) is 19.9 Å². The summed E-state index contributed by atoms with van der Waals surface area (Å²) in [4.78, 5) is 35.1. The average Bonchev–Trinajstić information content (AvgIpc) is 2.55. The number of hydrogen-bond donors (Lipinski definition) is 3. The molecule has 3 rings (SSSR count). The van der Waals surface area contributed by atoms with E-state index in [1.165, 1.54) is 6.92 Å². The zero-order chi connectivity index (χ0) is 20.1. The topological polar surface area (TPSA) is 113 Å². The highest BCUT2D eigenvalue weighted by molar-refractivity contribution is 9.12. The van der Waals surface area contributed by atoms with Gasteiger partial charge in [0.05, 0.1) is 16.7 Å². The monoisotopic (exact) mass is 435 g/mol. The molecule has 8 heteroatoms. The first-order valence-corrected chi connectivity index (χ1v) is 8.97. The smallest absolute Gasteiger partial charge is 0.412 e. The Balaban J connectivity index is 2.19. The molecule has 1 aromatic carbocycles. The number of anilines is 1. The van der Waals surface area contributed by atoms with Crippen molar-refractivity contribution in [1.82, 2.24) is 0 Å². The highest BCUT2D eigenvalue weighted by atomic mass is 79.9. The molecule has 1 aliphatic heterocycles. The number of nitrogens with one attached hydrogen (secondary N) is 1. The molecule has 3 N–H and O–H groups in total. The van der Waals surface area contributed by atoms with Crippen molar-refractivity contribution in [2.75, 3.05) is 5.32 Å². The summed E-state index contributed by atoms with van der Waals surface area (Å²) in [5, 5.41) is 21.8. The molecule has 1 unspecified atom stereocenters. The number of benzene rings is 1. The number of fused-ring (bicyclic) bond motifs is 1. The molecule has 2 aliphatic rings. The maximum atomic E-state index is 11.8. The highest BCUT2D eigenvalue weighted by Crippen LogP contribution is 2.46. The van der Waals surface area contributed by atoms with Gasteiger partial charge in [-0.25, -0.2) is 9.59 Å². The molecule has 1 atom stereocenters. The van der Waals surface area contributed by atoms with E-state index < -0.39 is 29.0 Å². The number of carboxylic acids is 2. The first kappa shape index (κ1) is 19.2. The van der Waals surface area contributed by atoms with E-state index in [0.717, 1.165) is 0 Å². The Kier molecular flexibility index (Phi) is 4.42. The van der Waals surface area contributed by atoms with Crippen LogP contribution in [0.3, 0.4) is 0 Å². The Hall–Kier alpha value is -2.61. The molecule has 0 aromatic heterocycles. The summed E-state index contributed by atoms with van der Waals surface area (Å²) in [6.07, 6.45) is 0.880. The molecule has 1 heterocycles. The van der Waals surface area contributed by atoms with E-state index in [4.69, 9.17) is 4.74 Å². The summed E-state index contributed by atoms with van der Waals surface area (Å²) in [7, 11) is 0. The Bertz CT molecular complexity index is 946. The van der Waals surface area contributed by atoms with Crippen molar-refractivity contribution in [2.24, 2.45) is 5.41 Å². The number of carboxylic acid groups (broad SMARTS) is 2. The van der Waals surface area contributed by atoms with Crippen LogP contribution in [-0.4, -0.2) is 28.2 Å². The van der Waals surface area contributed by atoms with Gasteiger partial charge >= 0.3 is 18.0 Å². The highest BCUT2D eigenvalue weighted by Gasteiger charge is 2.40. The van der Waals surface area contributed by atoms with Gasteiger partial charge in [-0.05, 0) is 60.0 Å². The van der Waals surface area contributed by atoms with Crippen molar-refractivity contribution >= 4 is 45.2 Å². The van der Waals surface area contributed by atoms with Crippen molar-refractivity contribution in [1.29, 1.82) is 0 Å². The van der Waals surface area contributed by atoms with Gasteiger partial charge in [0, 0.05) is 16.5 Å². The van der Waals surface area contributed by atoms with Gasteiger partial charge in [0.25, 0.3) is 0 Å². The number of carbonyl (C=O) groups is 3. The van der Waals surface area contributed by atoms with Gasteiger partial charge in [-0.2, -0.15) is 0 Å². The number of allylic oxidation sites excluding steroid dienone is 2. The quantitative estimate of drug-likeness (QED) is 0.658. The van der Waals surface area contributed by atoms with E-state index in [-0.39, 0.29) is 12.0 Å². The lowest BCUT2D eigenvalue weighted by atomic mass is 9.76. The molecule has 1 amide bonds. The molecule has 1 aliphatic carbocycles. The molecule has 27 heavy (non-hydrogen) atoms. The molecule has 0 saturated carbocycles. The normalized spacial score (nSPS) is 23.7. The van der Waals surface area contributed by atoms with Crippen LogP contribution in [0.15, 0.2) is 34.3 Å². The second kappa shape index (κ2) is 6.23. The van der Waals surface area contributed by atoms with Gasteiger partial charge < -0.3 is 14.9 Å². The molecule has 0 radical (unpaired) electrons. The van der Waals surface area contributed by atoms with Crippen molar-refractivity contribution in [2.45, 2.75) is 32.8 Å². The summed E-state index contributed by atoms with van der Waals surface area (Å²) in [6, 6.07) is 5.18. The number of cyclic esters (lactones) is 1. The molecular formula is C19H18BrNO6. The van der Waals surface area contributed by atoms with Crippen LogP contribution < -0.4 is 5.32 Å². The Morgan fingerprint density at radius 1 is 1.22 bits per heavy atom. The van der Waals surface area contributed by atoms with Gasteiger partial charge in [0.1, 0.15) is 5.60 Å². The molecular weight excluding hydrogens is 418 g/mol. The predicted octanol–water partition coefficient (Wildman–Crippen LogP) is 4.10. The van der Waals surface area contributed by atoms with Gasteiger partial charge in [-0.1, -0.05) is 12.1 Å². The molecule has 0 bridgehead atoms. The molecule has 1 aromatic rings. The van der Waals surface area contributed by atoms with Crippen LogP contribution in [0.5, 0.6) is 0 Å². The van der Waals surface area contributed by atoms with E-state index in [0.29, 0.717) is 26.9 Å². The van der Waals surface area contributed by atoms with E-state index >= 15 is 0 Å². The van der Waals surface area contributed by atoms with Crippen molar-refractivity contribution < 1.29 is 29.3 Å². The lowest BCUT2D eigenvalue weighted by Crippen LogP contribution is -2.35. The Morgan fingerprint density at radius 3 is 2.48 bits per heavy atom. The lowest BCUT2D eigenvalue weighted by molar-refractivity contribution is -0.145. The third kappa shape index (κ3) is 3.25. The van der Waals surface area contributed by atoms with Crippen LogP contribution >= 0.6 is 15.9 Å². The number of rotatable bonds is 3. The zero-order valence-corrected chi connectivity index (χ0v) is 16.5. The fourth-order valence-electron chi connectivity index (χ4n) is 3.30. The maximum absolute atomic E-state index is 11.8. The summed E-state index contributed by atoms with van der Waals surface area (Å²) >= 11 is 3.33. The minimum atomic E-state index is -1.35. The minimum absolute atomic E-state index is 0.000987. The van der Waals surface area contributed by atoms with E-state index in [9.17, 15) is 24.6 Å². The van der Waals surface area contributed by atoms with Gasteiger partial charge in [0.2, 0.25) is 0 Å². The largest absolute Gasteiger partial charge is 0.481 e. The van der Waals surface area contributed by atoms with Gasteiger partial charge in [-0.3, -0.25) is 10.1 Å². The van der Waals surface area contributed by atoms with E-state index in [1.807, 2.05) is 0 Å². The fraction of sp³-hybridized carbons (Fsp3) is 0.316. The van der Waals surface area contributed by atoms with E-state index in [2.05, 4.69) is 21.2 Å². The van der Waals surface area contributed by atoms with Crippen LogP contribution in [0, 0.1) is 5.41 Å². The van der Waals surface area contributed by atoms with Crippen LogP contribution in [0.1, 0.15) is 38.3 Å². The van der Waals surface area contributed by atoms with E-state index in [1.54, 1.807) is 38.1 Å². The van der Waals surface area contributed by atoms with Gasteiger partial charge in [0.15, 0.2) is 0 Å². The standard InChI is InChI=1S/C19H18BrNO6/c1-18(2)12-6-9(4-5-13(12)21-17(26)27-18)10-7-19(3,16(24)25)8-11(14(10)20)15(22)23/h4-7H,8H2,1-3H3,(H,21,26)(H,22,23)(H,24,25). The Morgan fingerprint density at radius 2 is 1.89 bits per heavy atom. The molecule has 0 fully saturated rings. The number of carbonyl (C=O) groups excluding carboxylic acids is 1. The fourth-order valence-corrected chi connectivity index (χ4v) is 3.95. The summed E-state index contributed by atoms with van der Waals surface area (Å²) in [5.41, 5.74) is 0.162. The SMILES string of the molecule is CC1(C(=O)O)C=C(c2ccc3c(c2)C(C)(C)OC(=O)N3)C(Br)=C(C(=O)O)C1. The number of amides is 1. The summed E-state index contributed by atoms with van der Waals surface area (Å²) in [5.74, 6) is -2.28. The lowest BCUT2D eigenvalue weighted by Gasteiger charge is -2.33. The van der Waals surface area contributed by atoms with Crippen molar-refractivity contribution in [3.05, 3.63) is 45.5 Å². The van der Waals surface area contributed by atoms with Crippen molar-refractivity contribution in [3.63, 3.8) is 0 Å². The molecule has 142 valence electrons.